The Balaban J connectivity index is 1.95. The number of carbonyl (C=O) groups excluding carboxylic acids is 2. The minimum atomic E-state index is -0.752. The topological polar surface area (TPSA) is 66.8 Å². The lowest BCUT2D eigenvalue weighted by atomic mass is 9.94. The van der Waals surface area contributed by atoms with E-state index in [4.69, 9.17) is 4.74 Å². The molecule has 156 valence electrons. The highest BCUT2D eigenvalue weighted by molar-refractivity contribution is 6.51. The van der Waals surface area contributed by atoms with Crippen molar-refractivity contribution < 1.29 is 19.4 Å². The number of para-hydroxylation sites is 2. The van der Waals surface area contributed by atoms with Crippen LogP contribution < -0.4 is 9.64 Å². The highest BCUT2D eigenvalue weighted by atomic mass is 16.5. The van der Waals surface area contributed by atoms with Crippen molar-refractivity contribution in [2.45, 2.75) is 19.4 Å². The number of hydrogen-bond donors (Lipinski definition) is 1. The van der Waals surface area contributed by atoms with Crippen molar-refractivity contribution in [2.24, 2.45) is 0 Å². The molecule has 4 rings (SSSR count). The summed E-state index contributed by atoms with van der Waals surface area (Å²) in [6.07, 6.45) is 0.875. The average molecular weight is 413 g/mol. The van der Waals surface area contributed by atoms with E-state index < -0.39 is 17.7 Å². The third-order valence-corrected chi connectivity index (χ3v) is 5.54. The molecule has 1 aliphatic heterocycles. The summed E-state index contributed by atoms with van der Waals surface area (Å²) in [5.74, 6) is -1.23. The molecule has 1 saturated heterocycles. The number of Topliss-reactive ketones (excluding diaryl/α,β-unsaturated/α-hetero) is 1. The molecule has 3 aromatic rings. The monoisotopic (exact) mass is 413 g/mol. The molecule has 0 aliphatic carbocycles. The van der Waals surface area contributed by atoms with Crippen molar-refractivity contribution in [1.82, 2.24) is 0 Å². The van der Waals surface area contributed by atoms with E-state index in [2.05, 4.69) is 6.92 Å². The number of rotatable bonds is 5. The lowest BCUT2D eigenvalue weighted by molar-refractivity contribution is -0.132. The second-order valence-corrected chi connectivity index (χ2v) is 7.30. The van der Waals surface area contributed by atoms with Gasteiger partial charge in [-0.15, -0.1) is 0 Å². The molecule has 31 heavy (non-hydrogen) atoms. The third-order valence-electron chi connectivity index (χ3n) is 5.54. The number of methoxy groups -OCH3 is 1. The summed E-state index contributed by atoms with van der Waals surface area (Å²) in [6.45, 7) is 2.06. The highest BCUT2D eigenvalue weighted by Crippen LogP contribution is 2.43. The Labute approximate surface area is 181 Å². The smallest absolute Gasteiger partial charge is 0.300 e. The van der Waals surface area contributed by atoms with Gasteiger partial charge in [-0.2, -0.15) is 0 Å². The van der Waals surface area contributed by atoms with E-state index in [1.54, 1.807) is 36.4 Å². The number of aryl methyl sites for hydroxylation is 1. The summed E-state index contributed by atoms with van der Waals surface area (Å²) in [5.41, 5.74) is 2.89. The molecule has 1 unspecified atom stereocenters. The molecule has 5 nitrogen and oxygen atoms in total. The number of benzene rings is 3. The van der Waals surface area contributed by atoms with Crippen LogP contribution in [-0.2, 0) is 16.0 Å². The van der Waals surface area contributed by atoms with Gasteiger partial charge in [0.2, 0.25) is 0 Å². The van der Waals surface area contributed by atoms with E-state index in [1.165, 1.54) is 12.0 Å². The minimum absolute atomic E-state index is 0.0441. The number of ketones is 1. The molecule has 0 bridgehead atoms. The van der Waals surface area contributed by atoms with E-state index in [1.807, 2.05) is 42.5 Å². The van der Waals surface area contributed by atoms with Gasteiger partial charge in [0.15, 0.2) is 0 Å². The van der Waals surface area contributed by atoms with E-state index in [0.717, 1.165) is 17.5 Å². The fraction of sp³-hybridized carbons (Fsp3) is 0.154. The molecule has 0 spiro atoms. The van der Waals surface area contributed by atoms with Crippen molar-refractivity contribution in [1.29, 1.82) is 0 Å². The van der Waals surface area contributed by atoms with E-state index >= 15 is 0 Å². The molecule has 0 radical (unpaired) electrons. The Kier molecular flexibility index (Phi) is 5.58. The number of anilines is 1. The lowest BCUT2D eigenvalue weighted by Gasteiger charge is -2.25. The number of hydrogen-bond acceptors (Lipinski definition) is 4. The zero-order chi connectivity index (χ0) is 22.0. The van der Waals surface area contributed by atoms with Crippen molar-refractivity contribution in [3.05, 3.63) is 101 Å². The second kappa shape index (κ2) is 8.48. The van der Waals surface area contributed by atoms with Crippen molar-refractivity contribution in [3.8, 4) is 5.75 Å². The molecule has 1 atom stereocenters. The summed E-state index contributed by atoms with van der Waals surface area (Å²) >= 11 is 0. The zero-order valence-corrected chi connectivity index (χ0v) is 17.4. The van der Waals surface area contributed by atoms with E-state index in [9.17, 15) is 14.7 Å². The fourth-order valence-electron chi connectivity index (χ4n) is 3.92. The van der Waals surface area contributed by atoms with E-state index in [-0.39, 0.29) is 11.3 Å². The molecule has 0 saturated carbocycles. The van der Waals surface area contributed by atoms with Crippen molar-refractivity contribution in [2.75, 3.05) is 12.0 Å². The van der Waals surface area contributed by atoms with Crippen LogP contribution in [0.25, 0.3) is 5.76 Å². The van der Waals surface area contributed by atoms with Gasteiger partial charge in [0.05, 0.1) is 24.3 Å². The predicted molar refractivity (Wildman–Crippen MR) is 120 cm³/mol. The van der Waals surface area contributed by atoms with Gasteiger partial charge in [0, 0.05) is 5.69 Å². The van der Waals surface area contributed by atoms with Crippen LogP contribution in [0.15, 0.2) is 84.4 Å². The van der Waals surface area contributed by atoms with Crippen molar-refractivity contribution in [3.63, 3.8) is 0 Å². The first-order chi connectivity index (χ1) is 15.1. The van der Waals surface area contributed by atoms with Gasteiger partial charge in [0.1, 0.15) is 11.5 Å². The van der Waals surface area contributed by atoms with Crippen LogP contribution in [0, 0.1) is 0 Å². The quantitative estimate of drug-likeness (QED) is 0.368. The van der Waals surface area contributed by atoms with E-state index in [0.29, 0.717) is 17.0 Å². The van der Waals surface area contributed by atoms with Gasteiger partial charge in [0.25, 0.3) is 11.7 Å². The zero-order valence-electron chi connectivity index (χ0n) is 17.4. The summed E-state index contributed by atoms with van der Waals surface area (Å²) in [6, 6.07) is 22.9. The maximum Gasteiger partial charge on any atom is 0.300 e. The summed E-state index contributed by atoms with van der Waals surface area (Å²) in [7, 11) is 1.50. The van der Waals surface area contributed by atoms with Crippen molar-refractivity contribution >= 4 is 23.1 Å². The van der Waals surface area contributed by atoms with Gasteiger partial charge >= 0.3 is 0 Å². The fourth-order valence-corrected chi connectivity index (χ4v) is 3.92. The predicted octanol–water partition coefficient (Wildman–Crippen LogP) is 4.88. The molecule has 1 N–H and O–H groups in total. The maximum atomic E-state index is 13.2. The van der Waals surface area contributed by atoms with Crippen LogP contribution in [0.1, 0.15) is 29.7 Å². The SMILES string of the molecule is CCc1ccc(C2/C(=C(/O)c3ccccc3OC)C(=O)C(=O)N2c2ccccc2)cc1. The Morgan fingerprint density at radius 3 is 2.23 bits per heavy atom. The van der Waals surface area contributed by atoms with Gasteiger partial charge in [-0.05, 0) is 41.8 Å². The summed E-state index contributed by atoms with van der Waals surface area (Å²) in [5, 5.41) is 11.2. The molecule has 5 heteroatoms. The number of amides is 1. The summed E-state index contributed by atoms with van der Waals surface area (Å²) < 4.78 is 5.37. The largest absolute Gasteiger partial charge is 0.507 e. The number of ether oxygens (including phenoxy) is 1. The standard InChI is InChI=1S/C26H23NO4/c1-3-17-13-15-18(16-14-17)23-22(24(28)20-11-7-8-12-21(20)31-2)25(29)26(30)27(23)19-9-5-4-6-10-19/h4-16,23,28H,3H2,1-2H3/b24-22-. The van der Waals surface area contributed by atoms with Crippen LogP contribution in [0.2, 0.25) is 0 Å². The molecule has 1 aliphatic rings. The number of carbonyl (C=O) groups is 2. The van der Waals surface area contributed by atoms with Gasteiger partial charge < -0.3 is 9.84 Å². The van der Waals surface area contributed by atoms with Gasteiger partial charge in [-0.25, -0.2) is 0 Å². The second-order valence-electron chi connectivity index (χ2n) is 7.30. The first-order valence-corrected chi connectivity index (χ1v) is 10.1. The Bertz CT molecular complexity index is 1150. The van der Waals surface area contributed by atoms with Crippen LogP contribution in [0.5, 0.6) is 5.75 Å². The maximum absolute atomic E-state index is 13.2. The molecule has 1 fully saturated rings. The minimum Gasteiger partial charge on any atom is -0.507 e. The third kappa shape index (κ3) is 3.59. The molecule has 0 aromatic heterocycles. The van der Waals surface area contributed by atoms with Crippen LogP contribution >= 0.6 is 0 Å². The first kappa shape index (κ1) is 20.4. The Morgan fingerprint density at radius 1 is 0.935 bits per heavy atom. The normalized spacial score (nSPS) is 17.7. The highest BCUT2D eigenvalue weighted by Gasteiger charge is 2.47. The van der Waals surface area contributed by atoms with Gasteiger partial charge in [-0.3, -0.25) is 14.5 Å². The number of aliphatic hydroxyl groups excluding tert-OH is 1. The first-order valence-electron chi connectivity index (χ1n) is 10.1. The summed E-state index contributed by atoms with van der Waals surface area (Å²) in [4.78, 5) is 27.7. The number of nitrogens with zero attached hydrogens (tertiary/aromatic N) is 1. The molecular weight excluding hydrogens is 390 g/mol. The lowest BCUT2D eigenvalue weighted by Crippen LogP contribution is -2.29. The average Bonchev–Trinajstić information content (AvgIpc) is 3.09. The van der Waals surface area contributed by atoms with Crippen LogP contribution in [0.4, 0.5) is 5.69 Å². The molecule has 3 aromatic carbocycles. The Morgan fingerprint density at radius 2 is 1.58 bits per heavy atom. The Hall–Kier alpha value is -3.86. The molecule has 1 amide bonds. The number of aliphatic hydroxyl groups is 1. The van der Waals surface area contributed by atoms with Crippen LogP contribution in [0.3, 0.4) is 0 Å². The molecular formula is C26H23NO4. The van der Waals surface area contributed by atoms with Gasteiger partial charge in [-0.1, -0.05) is 61.5 Å². The van der Waals surface area contributed by atoms with Crippen LogP contribution in [-0.4, -0.2) is 23.9 Å². The molecule has 1 heterocycles.